The molecule has 1 amide bonds. The minimum atomic E-state index is -2.54. The lowest BCUT2D eigenvalue weighted by atomic mass is 10.1. The summed E-state index contributed by atoms with van der Waals surface area (Å²) in [5, 5.41) is 8.25. The summed E-state index contributed by atoms with van der Waals surface area (Å²) < 4.78 is 27.1. The lowest BCUT2D eigenvalue weighted by Crippen LogP contribution is -2.35. The molecule has 0 bridgehead atoms. The van der Waals surface area contributed by atoms with E-state index >= 15 is 0 Å². The Morgan fingerprint density at radius 2 is 2.33 bits per heavy atom. The van der Waals surface area contributed by atoms with Crippen LogP contribution in [0.2, 0.25) is 5.15 Å². The molecule has 1 saturated carbocycles. The van der Waals surface area contributed by atoms with E-state index in [2.05, 4.69) is 15.2 Å². The van der Waals surface area contributed by atoms with Crippen molar-refractivity contribution in [3.05, 3.63) is 35.9 Å². The zero-order valence-corrected chi connectivity index (χ0v) is 17.6. The number of amides is 1. The maximum atomic E-state index is 12.9. The van der Waals surface area contributed by atoms with Crippen molar-refractivity contribution in [2.45, 2.75) is 39.0 Å². The van der Waals surface area contributed by atoms with Crippen LogP contribution in [0, 0.1) is 11.8 Å². The molecule has 0 spiro atoms. The number of aromatic nitrogens is 3. The molecule has 2 unspecified atom stereocenters. The third-order valence-electron chi connectivity index (χ3n) is 4.98. The van der Waals surface area contributed by atoms with Gasteiger partial charge in [0.25, 0.3) is 5.92 Å². The molecule has 30 heavy (non-hydrogen) atoms. The standard InChI is InChI=1S/C20H24ClF2N5O2/c1-3-27(17-13-28(26-18(17)21)16-5-4-8-24-12-16)19(29)14(2)6-9-25-30-10-7-15-11-20(15,22)23/h4-5,8-9,12-15H,3,6-7,10-11H2,1-2H3/b25-9-. The van der Waals surface area contributed by atoms with Crippen molar-refractivity contribution in [3.63, 3.8) is 0 Å². The highest BCUT2D eigenvalue weighted by atomic mass is 35.5. The van der Waals surface area contributed by atoms with Crippen molar-refractivity contribution in [1.82, 2.24) is 14.8 Å². The summed E-state index contributed by atoms with van der Waals surface area (Å²) in [4.78, 5) is 23.5. The van der Waals surface area contributed by atoms with Gasteiger partial charge in [-0.15, -0.1) is 0 Å². The van der Waals surface area contributed by atoms with Crippen LogP contribution in [0.4, 0.5) is 14.5 Å². The number of nitrogens with zero attached hydrogens (tertiary/aromatic N) is 5. The monoisotopic (exact) mass is 439 g/mol. The molecule has 1 aliphatic rings. The predicted molar refractivity (Wildman–Crippen MR) is 110 cm³/mol. The number of pyridine rings is 1. The van der Waals surface area contributed by atoms with Gasteiger partial charge in [-0.2, -0.15) is 5.10 Å². The fraction of sp³-hybridized carbons (Fsp3) is 0.500. The van der Waals surface area contributed by atoms with Crippen molar-refractivity contribution < 1.29 is 18.4 Å². The number of alkyl halides is 2. The van der Waals surface area contributed by atoms with E-state index < -0.39 is 11.8 Å². The van der Waals surface area contributed by atoms with Gasteiger partial charge >= 0.3 is 0 Å². The van der Waals surface area contributed by atoms with Crippen molar-refractivity contribution in [3.8, 4) is 5.69 Å². The summed E-state index contributed by atoms with van der Waals surface area (Å²) in [5.41, 5.74) is 1.24. The predicted octanol–water partition coefficient (Wildman–Crippen LogP) is 4.35. The van der Waals surface area contributed by atoms with Crippen LogP contribution < -0.4 is 4.90 Å². The first kappa shape index (κ1) is 22.1. The molecule has 10 heteroatoms. The first-order valence-corrected chi connectivity index (χ1v) is 10.2. The second-order valence-electron chi connectivity index (χ2n) is 7.25. The Kier molecular flexibility index (Phi) is 7.02. The highest BCUT2D eigenvalue weighted by Gasteiger charge is 2.56. The van der Waals surface area contributed by atoms with Crippen LogP contribution in [0.3, 0.4) is 0 Å². The Labute approximate surface area is 178 Å². The first-order chi connectivity index (χ1) is 14.3. The van der Waals surface area contributed by atoms with E-state index in [1.165, 1.54) is 6.21 Å². The van der Waals surface area contributed by atoms with Gasteiger partial charge in [-0.05, 0) is 31.9 Å². The maximum absolute atomic E-state index is 12.9. The minimum absolute atomic E-state index is 0.0710. The third-order valence-corrected chi connectivity index (χ3v) is 5.25. The molecule has 2 aromatic heterocycles. The van der Waals surface area contributed by atoms with Gasteiger partial charge in [0, 0.05) is 37.2 Å². The van der Waals surface area contributed by atoms with E-state index in [9.17, 15) is 13.6 Å². The van der Waals surface area contributed by atoms with Crippen LogP contribution in [0.1, 0.15) is 33.1 Å². The number of carbonyl (C=O) groups excluding carboxylic acids is 1. The summed E-state index contributed by atoms with van der Waals surface area (Å²) in [6.07, 6.45) is 7.05. The molecule has 1 fully saturated rings. The Morgan fingerprint density at radius 1 is 1.57 bits per heavy atom. The highest BCUT2D eigenvalue weighted by molar-refractivity contribution is 6.32. The molecule has 3 rings (SSSR count). The van der Waals surface area contributed by atoms with Gasteiger partial charge in [-0.1, -0.05) is 23.7 Å². The number of oxime groups is 1. The normalized spacial score (nSPS) is 18.4. The van der Waals surface area contributed by atoms with Crippen molar-refractivity contribution in [2.75, 3.05) is 18.1 Å². The lowest BCUT2D eigenvalue weighted by molar-refractivity contribution is -0.121. The highest BCUT2D eigenvalue weighted by Crippen LogP contribution is 2.50. The number of hydrogen-bond acceptors (Lipinski definition) is 5. The Balaban J connectivity index is 1.53. The van der Waals surface area contributed by atoms with Crippen LogP contribution in [0.15, 0.2) is 35.9 Å². The quantitative estimate of drug-likeness (QED) is 0.313. The zero-order valence-electron chi connectivity index (χ0n) is 16.8. The summed E-state index contributed by atoms with van der Waals surface area (Å²) >= 11 is 6.28. The second kappa shape index (κ2) is 9.51. The van der Waals surface area contributed by atoms with E-state index in [1.807, 2.05) is 13.0 Å². The van der Waals surface area contributed by atoms with E-state index in [0.717, 1.165) is 5.69 Å². The Morgan fingerprint density at radius 3 is 2.97 bits per heavy atom. The molecule has 0 aliphatic heterocycles. The molecular formula is C20H24ClF2N5O2. The summed E-state index contributed by atoms with van der Waals surface area (Å²) in [5.74, 6) is -3.63. The van der Waals surface area contributed by atoms with E-state index in [-0.39, 0.29) is 36.4 Å². The summed E-state index contributed by atoms with van der Waals surface area (Å²) in [6.45, 7) is 4.20. The van der Waals surface area contributed by atoms with Gasteiger partial charge in [0.15, 0.2) is 5.15 Å². The molecular weight excluding hydrogens is 416 g/mol. The zero-order chi connectivity index (χ0) is 21.7. The van der Waals surface area contributed by atoms with Crippen molar-refractivity contribution >= 4 is 29.4 Å². The van der Waals surface area contributed by atoms with Gasteiger partial charge in [0.05, 0.1) is 18.1 Å². The molecule has 2 aromatic rings. The SMILES string of the molecule is CCN(C(=O)C(C)C/C=N\OCCC1CC1(F)F)c1cn(-c2cccnc2)nc1Cl. The maximum Gasteiger partial charge on any atom is 0.251 e. The van der Waals surface area contributed by atoms with Crippen molar-refractivity contribution in [2.24, 2.45) is 17.0 Å². The summed E-state index contributed by atoms with van der Waals surface area (Å²) in [6, 6.07) is 3.62. The average molecular weight is 440 g/mol. The Bertz CT molecular complexity index is 891. The van der Waals surface area contributed by atoms with E-state index in [1.54, 1.807) is 41.2 Å². The summed E-state index contributed by atoms with van der Waals surface area (Å²) in [7, 11) is 0. The van der Waals surface area contributed by atoms with Crippen molar-refractivity contribution in [1.29, 1.82) is 0 Å². The molecule has 2 atom stereocenters. The van der Waals surface area contributed by atoms with E-state index in [4.69, 9.17) is 16.4 Å². The fourth-order valence-corrected chi connectivity index (χ4v) is 3.27. The van der Waals surface area contributed by atoms with Gasteiger partial charge < -0.3 is 9.74 Å². The van der Waals surface area contributed by atoms with Crippen LogP contribution in [0.5, 0.6) is 0 Å². The van der Waals surface area contributed by atoms with Crippen LogP contribution in [-0.4, -0.2) is 46.0 Å². The van der Waals surface area contributed by atoms with Gasteiger partial charge in [-0.3, -0.25) is 9.78 Å². The minimum Gasteiger partial charge on any atom is -0.396 e. The fourth-order valence-electron chi connectivity index (χ4n) is 3.04. The molecule has 0 N–H and O–H groups in total. The Hall–Kier alpha value is -2.55. The molecule has 0 saturated heterocycles. The number of anilines is 1. The second-order valence-corrected chi connectivity index (χ2v) is 7.61. The van der Waals surface area contributed by atoms with E-state index in [0.29, 0.717) is 18.7 Å². The number of carbonyl (C=O) groups is 1. The van der Waals surface area contributed by atoms with Gasteiger partial charge in [0.2, 0.25) is 5.91 Å². The number of hydrogen-bond donors (Lipinski definition) is 0. The van der Waals surface area contributed by atoms with Crippen LogP contribution in [0.25, 0.3) is 5.69 Å². The van der Waals surface area contributed by atoms with Gasteiger partial charge in [0.1, 0.15) is 12.3 Å². The molecule has 1 aliphatic carbocycles. The first-order valence-electron chi connectivity index (χ1n) is 9.82. The number of rotatable bonds is 10. The molecule has 7 nitrogen and oxygen atoms in total. The van der Waals surface area contributed by atoms with Crippen LogP contribution in [-0.2, 0) is 9.63 Å². The molecule has 0 radical (unpaired) electrons. The number of halogens is 3. The molecule has 2 heterocycles. The lowest BCUT2D eigenvalue weighted by Gasteiger charge is -2.22. The molecule has 162 valence electrons. The largest absolute Gasteiger partial charge is 0.396 e. The average Bonchev–Trinajstić information content (AvgIpc) is 3.16. The van der Waals surface area contributed by atoms with Crippen LogP contribution >= 0.6 is 11.6 Å². The topological polar surface area (TPSA) is 72.6 Å². The van der Waals surface area contributed by atoms with Gasteiger partial charge in [-0.25, -0.2) is 13.5 Å². The third kappa shape index (κ3) is 5.33. The smallest absolute Gasteiger partial charge is 0.251 e. The molecule has 0 aromatic carbocycles.